The number of aliphatic hydroxyl groups is 1. The first-order chi connectivity index (χ1) is 9.65. The Bertz CT molecular complexity index is 546. The van der Waals surface area contributed by atoms with Gasteiger partial charge in [0.2, 0.25) is 0 Å². The Morgan fingerprint density at radius 3 is 2.30 bits per heavy atom. The molecule has 2 aromatic carbocycles. The normalized spacial score (nSPS) is 12.1. The molecule has 0 saturated heterocycles. The fraction of sp³-hybridized carbons (Fsp3) is 0.235. The first-order valence-electron chi connectivity index (χ1n) is 6.69. The van der Waals surface area contributed by atoms with Crippen molar-refractivity contribution >= 4 is 5.78 Å². The van der Waals surface area contributed by atoms with Crippen LogP contribution in [0.2, 0.25) is 0 Å². The fourth-order valence-corrected chi connectivity index (χ4v) is 2.06. The van der Waals surface area contributed by atoms with Crippen LogP contribution in [0, 0.1) is 0 Å². The summed E-state index contributed by atoms with van der Waals surface area (Å²) in [6.07, 6.45) is 0.785. The van der Waals surface area contributed by atoms with Crippen LogP contribution in [-0.4, -0.2) is 22.1 Å². The first-order valence-corrected chi connectivity index (χ1v) is 6.69. The highest BCUT2D eigenvalue weighted by Gasteiger charge is 2.12. The van der Waals surface area contributed by atoms with Gasteiger partial charge >= 0.3 is 0 Å². The average Bonchev–Trinajstić information content (AvgIpc) is 2.47. The zero-order valence-electron chi connectivity index (χ0n) is 11.2. The second kappa shape index (κ2) is 6.87. The van der Waals surface area contributed by atoms with Gasteiger partial charge in [0.05, 0.1) is 6.10 Å². The molecule has 20 heavy (non-hydrogen) atoms. The van der Waals surface area contributed by atoms with Crippen molar-refractivity contribution in [3.8, 4) is 5.75 Å². The molecule has 2 aromatic rings. The van der Waals surface area contributed by atoms with E-state index in [1.807, 2.05) is 30.3 Å². The van der Waals surface area contributed by atoms with Crippen LogP contribution in [0.3, 0.4) is 0 Å². The highest BCUT2D eigenvalue weighted by Crippen LogP contribution is 2.14. The van der Waals surface area contributed by atoms with Crippen molar-refractivity contribution in [1.82, 2.24) is 0 Å². The maximum atomic E-state index is 11.9. The molecule has 3 heteroatoms. The van der Waals surface area contributed by atoms with Gasteiger partial charge in [-0.15, -0.1) is 0 Å². The Morgan fingerprint density at radius 1 is 1.00 bits per heavy atom. The molecular weight excluding hydrogens is 252 g/mol. The fourth-order valence-electron chi connectivity index (χ4n) is 2.06. The Kier molecular flexibility index (Phi) is 4.91. The number of hydrogen-bond acceptors (Lipinski definition) is 3. The van der Waals surface area contributed by atoms with Gasteiger partial charge in [-0.05, 0) is 42.7 Å². The van der Waals surface area contributed by atoms with Gasteiger partial charge in [0, 0.05) is 12.0 Å². The van der Waals surface area contributed by atoms with E-state index in [-0.39, 0.29) is 18.0 Å². The van der Waals surface area contributed by atoms with Crippen LogP contribution in [0.25, 0.3) is 0 Å². The summed E-state index contributed by atoms with van der Waals surface area (Å²) in [5.41, 5.74) is 1.67. The number of aromatic hydroxyl groups is 1. The zero-order valence-corrected chi connectivity index (χ0v) is 11.2. The molecule has 0 heterocycles. The van der Waals surface area contributed by atoms with Crippen molar-refractivity contribution in [2.75, 3.05) is 0 Å². The van der Waals surface area contributed by atoms with E-state index in [0.717, 1.165) is 12.0 Å². The molecule has 0 aliphatic rings. The molecule has 0 bridgehead atoms. The van der Waals surface area contributed by atoms with Crippen LogP contribution < -0.4 is 0 Å². The van der Waals surface area contributed by atoms with E-state index in [2.05, 4.69) is 0 Å². The van der Waals surface area contributed by atoms with Gasteiger partial charge in [0.1, 0.15) is 5.75 Å². The van der Waals surface area contributed by atoms with E-state index in [9.17, 15) is 9.90 Å². The van der Waals surface area contributed by atoms with Crippen molar-refractivity contribution in [3.63, 3.8) is 0 Å². The largest absolute Gasteiger partial charge is 0.508 e. The Hall–Kier alpha value is -2.13. The second-order valence-electron chi connectivity index (χ2n) is 4.85. The third kappa shape index (κ3) is 4.21. The second-order valence-corrected chi connectivity index (χ2v) is 4.85. The van der Waals surface area contributed by atoms with Gasteiger partial charge in [0.15, 0.2) is 5.78 Å². The monoisotopic (exact) mass is 270 g/mol. The lowest BCUT2D eigenvalue weighted by molar-refractivity contribution is 0.0868. The highest BCUT2D eigenvalue weighted by atomic mass is 16.3. The number of benzene rings is 2. The number of phenolic OH excluding ortho intramolecular Hbond substituents is 1. The van der Waals surface area contributed by atoms with Gasteiger partial charge < -0.3 is 10.2 Å². The number of rotatable bonds is 6. The highest BCUT2D eigenvalue weighted by molar-refractivity contribution is 5.96. The molecule has 0 radical (unpaired) electrons. The third-order valence-corrected chi connectivity index (χ3v) is 3.22. The number of Topliss-reactive ketones (excluding diaryl/α,β-unsaturated/α-hetero) is 1. The lowest BCUT2D eigenvalue weighted by Gasteiger charge is -2.10. The van der Waals surface area contributed by atoms with Gasteiger partial charge in [0.25, 0.3) is 0 Å². The summed E-state index contributed by atoms with van der Waals surface area (Å²) in [7, 11) is 0. The van der Waals surface area contributed by atoms with Crippen LogP contribution in [-0.2, 0) is 6.42 Å². The number of aliphatic hydroxyl groups excluding tert-OH is 1. The van der Waals surface area contributed by atoms with Gasteiger partial charge in [-0.1, -0.05) is 30.3 Å². The van der Waals surface area contributed by atoms with Gasteiger partial charge in [-0.25, -0.2) is 0 Å². The van der Waals surface area contributed by atoms with Crippen LogP contribution in [0.1, 0.15) is 28.8 Å². The lowest BCUT2D eigenvalue weighted by atomic mass is 10.0. The van der Waals surface area contributed by atoms with Gasteiger partial charge in [-0.3, -0.25) is 4.79 Å². The summed E-state index contributed by atoms with van der Waals surface area (Å²) >= 11 is 0. The molecule has 0 aromatic heterocycles. The molecule has 3 nitrogen and oxygen atoms in total. The minimum Gasteiger partial charge on any atom is -0.508 e. The standard InChI is InChI=1S/C17H18O3/c18-15-10-7-14(8-11-15)17(20)12-16(19)9-6-13-4-2-1-3-5-13/h1-5,7-8,10-11,16,18-19H,6,9,12H2/t16-/m0/s1. The van der Waals surface area contributed by atoms with Crippen LogP contribution >= 0.6 is 0 Å². The zero-order chi connectivity index (χ0) is 14.4. The van der Waals surface area contributed by atoms with Crippen molar-refractivity contribution < 1.29 is 15.0 Å². The van der Waals surface area contributed by atoms with E-state index in [1.165, 1.54) is 12.1 Å². The molecular formula is C17H18O3. The van der Waals surface area contributed by atoms with Crippen LogP contribution in [0.4, 0.5) is 0 Å². The summed E-state index contributed by atoms with van der Waals surface area (Å²) < 4.78 is 0. The molecule has 104 valence electrons. The Balaban J connectivity index is 1.83. The molecule has 0 aliphatic heterocycles. The average molecular weight is 270 g/mol. The molecule has 0 spiro atoms. The van der Waals surface area contributed by atoms with Crippen molar-refractivity contribution in [2.45, 2.75) is 25.4 Å². The summed E-state index contributed by atoms with van der Waals surface area (Å²) in [6, 6.07) is 16.0. The molecule has 1 atom stereocenters. The van der Waals surface area contributed by atoms with Crippen LogP contribution in [0.5, 0.6) is 5.75 Å². The van der Waals surface area contributed by atoms with E-state index in [4.69, 9.17) is 5.11 Å². The number of phenols is 1. The maximum Gasteiger partial charge on any atom is 0.165 e. The number of hydrogen-bond donors (Lipinski definition) is 2. The Labute approximate surface area is 118 Å². The van der Waals surface area contributed by atoms with Crippen molar-refractivity contribution in [3.05, 3.63) is 65.7 Å². The molecule has 0 unspecified atom stereocenters. The number of ketones is 1. The molecule has 2 N–H and O–H groups in total. The predicted octanol–water partition coefficient (Wildman–Crippen LogP) is 2.96. The van der Waals surface area contributed by atoms with E-state index < -0.39 is 6.10 Å². The third-order valence-electron chi connectivity index (χ3n) is 3.22. The van der Waals surface area contributed by atoms with E-state index >= 15 is 0 Å². The Morgan fingerprint density at radius 2 is 1.65 bits per heavy atom. The summed E-state index contributed by atoms with van der Waals surface area (Å²) in [5.74, 6) is 0.0248. The summed E-state index contributed by atoms with van der Waals surface area (Å²) in [6.45, 7) is 0. The quantitative estimate of drug-likeness (QED) is 0.793. The van der Waals surface area contributed by atoms with Crippen molar-refractivity contribution in [1.29, 1.82) is 0 Å². The van der Waals surface area contributed by atoms with Crippen molar-refractivity contribution in [2.24, 2.45) is 0 Å². The smallest absolute Gasteiger partial charge is 0.165 e. The molecule has 2 rings (SSSR count). The van der Waals surface area contributed by atoms with Crippen LogP contribution in [0.15, 0.2) is 54.6 Å². The maximum absolute atomic E-state index is 11.9. The van der Waals surface area contributed by atoms with E-state index in [1.54, 1.807) is 12.1 Å². The summed E-state index contributed by atoms with van der Waals surface area (Å²) in [4.78, 5) is 11.9. The lowest BCUT2D eigenvalue weighted by Crippen LogP contribution is -2.14. The molecule has 0 fully saturated rings. The minimum absolute atomic E-state index is 0.106. The predicted molar refractivity (Wildman–Crippen MR) is 77.8 cm³/mol. The van der Waals surface area contributed by atoms with Gasteiger partial charge in [-0.2, -0.15) is 0 Å². The molecule has 0 aliphatic carbocycles. The van der Waals surface area contributed by atoms with E-state index in [0.29, 0.717) is 12.0 Å². The SMILES string of the molecule is O=C(C[C@@H](O)CCc1ccccc1)c1ccc(O)cc1. The summed E-state index contributed by atoms with van der Waals surface area (Å²) in [5, 5.41) is 19.1. The molecule has 0 amide bonds. The minimum atomic E-state index is -0.642. The topological polar surface area (TPSA) is 57.5 Å². The number of carbonyl (C=O) groups excluding carboxylic acids is 1. The number of aryl methyl sites for hydroxylation is 1. The molecule has 0 saturated carbocycles. The first kappa shape index (κ1) is 14.3. The number of carbonyl (C=O) groups is 1.